The van der Waals surface area contributed by atoms with Crippen LogP contribution in [0.25, 0.3) is 0 Å². The number of esters is 1. The van der Waals surface area contributed by atoms with Crippen molar-refractivity contribution in [3.05, 3.63) is 94.5 Å². The fourth-order valence-corrected chi connectivity index (χ4v) is 3.41. The molecule has 0 spiro atoms. The molecule has 1 aliphatic rings. The first kappa shape index (κ1) is 20.5. The standard InChI is InChI=1S/C25H18ClNO4/c1-30-19-13-9-17(10-14-19)24(28)27-23-21(15-8-16-6-11-18(26)12-7-16)20-4-2-3-5-22(20)31-25(23)29/h2-7,9-14,21,23H,1H3,(H,27,28)/t21-,23-/m1/s1. The van der Waals surface area contributed by atoms with Crippen molar-refractivity contribution in [3.63, 3.8) is 0 Å². The highest BCUT2D eigenvalue weighted by molar-refractivity contribution is 6.30. The molecular weight excluding hydrogens is 414 g/mol. The number of rotatable bonds is 3. The van der Waals surface area contributed by atoms with Crippen LogP contribution in [0, 0.1) is 11.8 Å². The van der Waals surface area contributed by atoms with E-state index in [-0.39, 0.29) is 0 Å². The van der Waals surface area contributed by atoms with Crippen LogP contribution in [-0.2, 0) is 4.79 Å². The number of hydrogen-bond donors (Lipinski definition) is 1. The molecular formula is C25H18ClNO4. The number of amides is 1. The van der Waals surface area contributed by atoms with Crippen LogP contribution in [0.15, 0.2) is 72.8 Å². The number of benzene rings is 3. The van der Waals surface area contributed by atoms with E-state index in [1.54, 1.807) is 67.8 Å². The van der Waals surface area contributed by atoms with E-state index in [1.807, 2.05) is 12.1 Å². The second-order valence-electron chi connectivity index (χ2n) is 6.89. The maximum absolute atomic E-state index is 12.8. The summed E-state index contributed by atoms with van der Waals surface area (Å²) in [6.07, 6.45) is 0. The van der Waals surface area contributed by atoms with E-state index in [4.69, 9.17) is 21.1 Å². The summed E-state index contributed by atoms with van der Waals surface area (Å²) in [4.78, 5) is 25.6. The van der Waals surface area contributed by atoms with Crippen molar-refractivity contribution < 1.29 is 19.1 Å². The van der Waals surface area contributed by atoms with Crippen LogP contribution in [0.1, 0.15) is 27.4 Å². The van der Waals surface area contributed by atoms with Crippen molar-refractivity contribution in [2.24, 2.45) is 0 Å². The van der Waals surface area contributed by atoms with Crippen molar-refractivity contribution in [2.45, 2.75) is 12.0 Å². The predicted molar refractivity (Wildman–Crippen MR) is 117 cm³/mol. The summed E-state index contributed by atoms with van der Waals surface area (Å²) >= 11 is 5.94. The molecule has 0 bridgehead atoms. The highest BCUT2D eigenvalue weighted by Gasteiger charge is 2.38. The molecule has 0 aromatic heterocycles. The third-order valence-electron chi connectivity index (χ3n) is 4.91. The quantitative estimate of drug-likeness (QED) is 0.383. The summed E-state index contributed by atoms with van der Waals surface area (Å²) in [5.74, 6) is 5.76. The van der Waals surface area contributed by atoms with Crippen molar-refractivity contribution in [1.82, 2.24) is 5.32 Å². The van der Waals surface area contributed by atoms with Crippen LogP contribution in [0.4, 0.5) is 0 Å². The highest BCUT2D eigenvalue weighted by Crippen LogP contribution is 2.34. The molecule has 0 saturated carbocycles. The average molecular weight is 432 g/mol. The first-order valence-electron chi connectivity index (χ1n) is 9.58. The molecule has 5 nitrogen and oxygen atoms in total. The van der Waals surface area contributed by atoms with E-state index in [2.05, 4.69) is 17.2 Å². The summed E-state index contributed by atoms with van der Waals surface area (Å²) in [5.41, 5.74) is 1.89. The van der Waals surface area contributed by atoms with Gasteiger partial charge in [0.2, 0.25) is 0 Å². The van der Waals surface area contributed by atoms with Crippen LogP contribution in [0.2, 0.25) is 5.02 Å². The minimum absolute atomic E-state index is 0.400. The minimum atomic E-state index is -0.954. The van der Waals surface area contributed by atoms with Gasteiger partial charge < -0.3 is 14.8 Å². The molecule has 154 valence electrons. The van der Waals surface area contributed by atoms with Gasteiger partial charge in [-0.25, -0.2) is 4.79 Å². The molecule has 0 aliphatic carbocycles. The van der Waals surface area contributed by atoms with E-state index in [9.17, 15) is 9.59 Å². The molecule has 31 heavy (non-hydrogen) atoms. The Labute approximate surface area is 184 Å². The maximum atomic E-state index is 12.8. The van der Waals surface area contributed by atoms with Gasteiger partial charge >= 0.3 is 5.97 Å². The number of hydrogen-bond acceptors (Lipinski definition) is 4. The summed E-state index contributed by atoms with van der Waals surface area (Å²) in [6, 6.07) is 19.9. The van der Waals surface area contributed by atoms with E-state index < -0.39 is 23.8 Å². The van der Waals surface area contributed by atoms with Gasteiger partial charge in [0.05, 0.1) is 13.0 Å². The molecule has 4 rings (SSSR count). The summed E-state index contributed by atoms with van der Waals surface area (Å²) < 4.78 is 10.6. The van der Waals surface area contributed by atoms with Gasteiger partial charge in [0.1, 0.15) is 17.5 Å². The van der Waals surface area contributed by atoms with Crippen LogP contribution < -0.4 is 14.8 Å². The van der Waals surface area contributed by atoms with Gasteiger partial charge in [0.15, 0.2) is 0 Å². The number of halogens is 1. The van der Waals surface area contributed by atoms with Gasteiger partial charge in [-0.2, -0.15) is 0 Å². The molecule has 6 heteroatoms. The second kappa shape index (κ2) is 8.95. The Morgan fingerprint density at radius 1 is 1.03 bits per heavy atom. The third kappa shape index (κ3) is 4.55. The summed E-state index contributed by atoms with van der Waals surface area (Å²) in [7, 11) is 1.55. The molecule has 0 radical (unpaired) electrons. The lowest BCUT2D eigenvalue weighted by molar-refractivity contribution is -0.137. The fourth-order valence-electron chi connectivity index (χ4n) is 3.28. The number of nitrogens with one attached hydrogen (secondary N) is 1. The van der Waals surface area contributed by atoms with Crippen molar-refractivity contribution >= 4 is 23.5 Å². The Morgan fingerprint density at radius 2 is 1.74 bits per heavy atom. The Balaban J connectivity index is 1.66. The Hall–Kier alpha value is -3.75. The first-order chi connectivity index (χ1) is 15.0. The molecule has 3 aromatic carbocycles. The largest absolute Gasteiger partial charge is 0.497 e. The lowest BCUT2D eigenvalue weighted by Crippen LogP contribution is -2.49. The topological polar surface area (TPSA) is 64.6 Å². The third-order valence-corrected chi connectivity index (χ3v) is 5.16. The van der Waals surface area contributed by atoms with Crippen LogP contribution >= 0.6 is 11.6 Å². The first-order valence-corrected chi connectivity index (χ1v) is 9.95. The van der Waals surface area contributed by atoms with Crippen LogP contribution in [0.3, 0.4) is 0 Å². The molecule has 0 saturated heterocycles. The molecule has 3 aromatic rings. The second-order valence-corrected chi connectivity index (χ2v) is 7.33. The summed E-state index contributed by atoms with van der Waals surface area (Å²) in [6.45, 7) is 0. The van der Waals surface area contributed by atoms with Gasteiger partial charge in [-0.3, -0.25) is 4.79 Å². The zero-order valence-electron chi connectivity index (χ0n) is 16.6. The monoisotopic (exact) mass is 431 g/mol. The SMILES string of the molecule is COc1ccc(C(=O)N[C@H]2C(=O)Oc3ccccc3[C@H]2C#Cc2ccc(Cl)cc2)cc1. The predicted octanol–water partition coefficient (Wildman–Crippen LogP) is 4.20. The van der Waals surface area contributed by atoms with Crippen molar-refractivity contribution in [2.75, 3.05) is 7.11 Å². The Bertz CT molecular complexity index is 1180. The van der Waals surface area contributed by atoms with Crippen molar-refractivity contribution in [1.29, 1.82) is 0 Å². The van der Waals surface area contributed by atoms with E-state index in [1.165, 1.54) is 0 Å². The number of ether oxygens (including phenoxy) is 2. The van der Waals surface area contributed by atoms with Crippen LogP contribution in [0.5, 0.6) is 11.5 Å². The van der Waals surface area contributed by atoms with Crippen molar-refractivity contribution in [3.8, 4) is 23.3 Å². The maximum Gasteiger partial charge on any atom is 0.335 e. The Kier molecular flexibility index (Phi) is 5.92. The smallest absolute Gasteiger partial charge is 0.335 e. The number of fused-ring (bicyclic) bond motifs is 1. The lowest BCUT2D eigenvalue weighted by atomic mass is 9.88. The Morgan fingerprint density at radius 3 is 2.45 bits per heavy atom. The number of carbonyl (C=O) groups excluding carboxylic acids is 2. The van der Waals surface area contributed by atoms with Gasteiger partial charge in [-0.15, -0.1) is 0 Å². The van der Waals surface area contributed by atoms with Gasteiger partial charge in [-0.1, -0.05) is 41.6 Å². The van der Waals surface area contributed by atoms with Crippen LogP contribution in [-0.4, -0.2) is 25.0 Å². The molecule has 1 aliphatic heterocycles. The van der Waals surface area contributed by atoms with E-state index in [0.717, 1.165) is 11.1 Å². The number of methoxy groups -OCH3 is 1. The molecule has 1 amide bonds. The highest BCUT2D eigenvalue weighted by atomic mass is 35.5. The molecule has 0 fully saturated rings. The van der Waals surface area contributed by atoms with E-state index in [0.29, 0.717) is 22.1 Å². The lowest BCUT2D eigenvalue weighted by Gasteiger charge is -2.29. The molecule has 0 unspecified atom stereocenters. The van der Waals surface area contributed by atoms with Gasteiger partial charge in [-0.05, 0) is 54.6 Å². The van der Waals surface area contributed by atoms with Gasteiger partial charge in [0.25, 0.3) is 5.91 Å². The average Bonchev–Trinajstić information content (AvgIpc) is 2.80. The van der Waals surface area contributed by atoms with Gasteiger partial charge in [0, 0.05) is 21.7 Å². The van der Waals surface area contributed by atoms with E-state index >= 15 is 0 Å². The molecule has 1 heterocycles. The zero-order valence-corrected chi connectivity index (χ0v) is 17.3. The molecule has 2 atom stereocenters. The number of para-hydroxylation sites is 1. The normalized spacial score (nSPS) is 16.9. The number of carbonyl (C=O) groups is 2. The summed E-state index contributed by atoms with van der Waals surface area (Å²) in [5, 5.41) is 3.39. The fraction of sp³-hybridized carbons (Fsp3) is 0.120. The molecule has 1 N–H and O–H groups in total. The zero-order chi connectivity index (χ0) is 21.8. The minimum Gasteiger partial charge on any atom is -0.497 e.